The first-order valence-corrected chi connectivity index (χ1v) is 12.6. The van der Waals surface area contributed by atoms with Crippen LogP contribution in [-0.2, 0) is 0 Å². The summed E-state index contributed by atoms with van der Waals surface area (Å²) in [6, 6.07) is 21.1. The van der Waals surface area contributed by atoms with Gasteiger partial charge in [-0.25, -0.2) is 0 Å². The lowest BCUT2D eigenvalue weighted by Gasteiger charge is -2.38. The van der Waals surface area contributed by atoms with Gasteiger partial charge >= 0.3 is 0 Å². The molecule has 4 rings (SSSR count). The normalized spacial score (nSPS) is 13.9. The minimum atomic E-state index is 0. The fourth-order valence-electron chi connectivity index (χ4n) is 5.04. The minimum Gasteiger partial charge on any atom is -1.00 e. The van der Waals surface area contributed by atoms with Crippen LogP contribution < -0.4 is 36.4 Å². The number of benzene rings is 3. The van der Waals surface area contributed by atoms with Crippen molar-refractivity contribution in [1.82, 2.24) is 0 Å². The van der Waals surface area contributed by atoms with Gasteiger partial charge in [-0.15, -0.1) is 0 Å². The van der Waals surface area contributed by atoms with Gasteiger partial charge in [0.2, 0.25) is 0 Å². The van der Waals surface area contributed by atoms with Crippen LogP contribution >= 0.6 is 0 Å². The minimum absolute atomic E-state index is 0. The summed E-state index contributed by atoms with van der Waals surface area (Å²) in [5, 5.41) is 0. The van der Waals surface area contributed by atoms with Crippen molar-refractivity contribution in [2.24, 2.45) is 0 Å². The van der Waals surface area contributed by atoms with E-state index in [-0.39, 0.29) is 18.4 Å². The molecule has 6 heteroatoms. The second-order valence-corrected chi connectivity index (χ2v) is 9.58. The van der Waals surface area contributed by atoms with Crippen LogP contribution in [0.1, 0.15) is 22.3 Å². The van der Waals surface area contributed by atoms with Crippen molar-refractivity contribution in [3.05, 3.63) is 82.9 Å². The van der Waals surface area contributed by atoms with Gasteiger partial charge < -0.3 is 36.4 Å². The van der Waals surface area contributed by atoms with E-state index in [1.54, 1.807) is 7.11 Å². The smallest absolute Gasteiger partial charge is 0.156 e. The molecule has 1 aliphatic rings. The summed E-state index contributed by atoms with van der Waals surface area (Å²) >= 11 is 0. The third kappa shape index (κ3) is 6.45. The van der Waals surface area contributed by atoms with E-state index < -0.39 is 0 Å². The Morgan fingerprint density at radius 2 is 1.19 bits per heavy atom. The number of para-hydroxylation sites is 4. The van der Waals surface area contributed by atoms with Gasteiger partial charge in [-0.05, 0) is 62.1 Å². The summed E-state index contributed by atoms with van der Waals surface area (Å²) in [6.45, 7) is 13.7. The number of ether oxygens (including phenoxy) is 3. The van der Waals surface area contributed by atoms with Gasteiger partial charge in [-0.3, -0.25) is 0 Å². The predicted octanol–water partition coefficient (Wildman–Crippen LogP) is 1.16. The zero-order valence-corrected chi connectivity index (χ0v) is 22.9. The molecule has 3 aromatic carbocycles. The van der Waals surface area contributed by atoms with Crippen LogP contribution in [0.3, 0.4) is 0 Å². The van der Waals surface area contributed by atoms with E-state index in [4.69, 9.17) is 14.2 Å². The Kier molecular flexibility index (Phi) is 9.91. The van der Waals surface area contributed by atoms with Gasteiger partial charge in [0, 0.05) is 0 Å². The summed E-state index contributed by atoms with van der Waals surface area (Å²) in [6.07, 6.45) is 0. The van der Waals surface area contributed by atoms with Gasteiger partial charge in [-0.2, -0.15) is 0 Å². The van der Waals surface area contributed by atoms with Crippen molar-refractivity contribution in [3.63, 3.8) is 0 Å². The van der Waals surface area contributed by atoms with Crippen LogP contribution in [-0.4, -0.2) is 52.5 Å². The van der Waals surface area contributed by atoms with Gasteiger partial charge in [0.25, 0.3) is 0 Å². The molecule has 36 heavy (non-hydrogen) atoms. The highest BCUT2D eigenvalue weighted by Gasteiger charge is 2.30. The van der Waals surface area contributed by atoms with Gasteiger partial charge in [0.15, 0.2) is 6.04 Å². The molecule has 0 unspecified atom stereocenters. The molecule has 0 aromatic heterocycles. The molecule has 194 valence electrons. The maximum Gasteiger partial charge on any atom is 0.156 e. The highest BCUT2D eigenvalue weighted by atomic mass is 35.5. The Morgan fingerprint density at radius 3 is 1.67 bits per heavy atom. The van der Waals surface area contributed by atoms with E-state index in [9.17, 15) is 0 Å². The number of hydrogen-bond acceptors (Lipinski definition) is 4. The van der Waals surface area contributed by atoms with Crippen LogP contribution in [0.5, 0.6) is 17.2 Å². The van der Waals surface area contributed by atoms with Crippen molar-refractivity contribution in [2.45, 2.75) is 33.7 Å². The van der Waals surface area contributed by atoms with Crippen LogP contribution in [0.15, 0.2) is 60.7 Å². The molecular weight excluding hydrogens is 472 g/mol. The predicted molar refractivity (Wildman–Crippen MR) is 143 cm³/mol. The Morgan fingerprint density at radius 1 is 0.722 bits per heavy atom. The number of hydrogen-bond donors (Lipinski definition) is 1. The summed E-state index contributed by atoms with van der Waals surface area (Å²) < 4.78 is 18.5. The largest absolute Gasteiger partial charge is 1.00 e. The molecule has 5 nitrogen and oxygen atoms in total. The topological polar surface area (TPSA) is 35.4 Å². The molecule has 0 atom stereocenters. The molecule has 0 radical (unpaired) electrons. The quantitative estimate of drug-likeness (QED) is 0.469. The number of anilines is 1. The molecule has 1 aliphatic heterocycles. The lowest BCUT2D eigenvalue weighted by molar-refractivity contribution is -0.926. The summed E-state index contributed by atoms with van der Waals surface area (Å²) in [4.78, 5) is 3.95. The average Bonchev–Trinajstić information content (AvgIpc) is 2.87. The highest BCUT2D eigenvalue weighted by molar-refractivity contribution is 5.58. The first-order valence-electron chi connectivity index (χ1n) is 12.6. The summed E-state index contributed by atoms with van der Waals surface area (Å²) in [5.41, 5.74) is 5.88. The van der Waals surface area contributed by atoms with Crippen LogP contribution in [0.2, 0.25) is 0 Å². The fraction of sp³-hybridized carbons (Fsp3) is 0.400. The van der Waals surface area contributed by atoms with E-state index >= 15 is 0 Å². The first-order chi connectivity index (χ1) is 17.0. The highest BCUT2D eigenvalue weighted by Crippen LogP contribution is 2.28. The van der Waals surface area contributed by atoms with E-state index in [2.05, 4.69) is 81.1 Å². The molecule has 1 N–H and O–H groups in total. The zero-order chi connectivity index (χ0) is 24.8. The number of rotatable bonds is 9. The van der Waals surface area contributed by atoms with Crippen LogP contribution in [0.25, 0.3) is 0 Å². The standard InChI is InChI=1S/C30H38N2O3.ClH/c1-22-10-8-11-23(2)29(22)34-20-26(21-35-30-24(3)12-9-13-25(30)4)31-16-18-32(19-17-31)27-14-6-7-15-28(27)33-5;/h6-15,26H,16-21H2,1-5H3;1H. The van der Waals surface area contributed by atoms with Crippen molar-refractivity contribution < 1.29 is 31.5 Å². The lowest BCUT2D eigenvalue weighted by atomic mass is 10.1. The zero-order valence-electron chi connectivity index (χ0n) is 22.1. The second-order valence-electron chi connectivity index (χ2n) is 9.58. The Balaban J connectivity index is 0.00000361. The van der Waals surface area contributed by atoms with Crippen molar-refractivity contribution in [3.8, 4) is 17.2 Å². The molecule has 0 saturated carbocycles. The Hall–Kier alpha value is -2.89. The molecule has 0 bridgehead atoms. The number of nitrogens with zero attached hydrogens (tertiary/aromatic N) is 1. The van der Waals surface area contributed by atoms with Crippen molar-refractivity contribution >= 4 is 5.69 Å². The monoisotopic (exact) mass is 510 g/mol. The first kappa shape index (κ1) is 27.7. The molecule has 0 aliphatic carbocycles. The number of aryl methyl sites for hydroxylation is 4. The lowest BCUT2D eigenvalue weighted by Crippen LogP contribution is -3.19. The molecular formula is C30H39ClN2O3. The molecule has 3 aromatic rings. The van der Waals surface area contributed by atoms with Crippen molar-refractivity contribution in [1.29, 1.82) is 0 Å². The van der Waals surface area contributed by atoms with E-state index in [0.29, 0.717) is 13.2 Å². The maximum absolute atomic E-state index is 6.45. The summed E-state index contributed by atoms with van der Waals surface area (Å²) in [5.74, 6) is 2.93. The number of quaternary nitrogens is 1. The molecule has 1 fully saturated rings. The summed E-state index contributed by atoms with van der Waals surface area (Å²) in [7, 11) is 1.74. The molecule has 0 amide bonds. The van der Waals surface area contributed by atoms with Gasteiger partial charge in [-0.1, -0.05) is 48.5 Å². The van der Waals surface area contributed by atoms with Gasteiger partial charge in [0.1, 0.15) is 30.5 Å². The SMILES string of the molecule is COc1ccccc1N1CC[NH+](C(COc2c(C)cccc2C)COc2c(C)cccc2C)CC1.[Cl-]. The van der Waals surface area contributed by atoms with Crippen LogP contribution in [0.4, 0.5) is 5.69 Å². The van der Waals surface area contributed by atoms with Crippen LogP contribution in [0, 0.1) is 27.7 Å². The number of piperazine rings is 1. The molecule has 1 heterocycles. The second kappa shape index (κ2) is 12.9. The van der Waals surface area contributed by atoms with Gasteiger partial charge in [0.05, 0.1) is 39.0 Å². The molecule has 1 saturated heterocycles. The average molecular weight is 511 g/mol. The van der Waals surface area contributed by atoms with E-state index in [0.717, 1.165) is 43.4 Å². The van der Waals surface area contributed by atoms with Crippen molar-refractivity contribution in [2.75, 3.05) is 51.4 Å². The number of halogens is 1. The number of methoxy groups -OCH3 is 1. The maximum atomic E-state index is 6.45. The third-order valence-electron chi connectivity index (χ3n) is 7.08. The Labute approximate surface area is 222 Å². The third-order valence-corrected chi connectivity index (χ3v) is 7.08. The number of nitrogens with one attached hydrogen (secondary N) is 1. The van der Waals surface area contributed by atoms with E-state index in [1.807, 2.05) is 12.1 Å². The fourth-order valence-corrected chi connectivity index (χ4v) is 5.04. The van der Waals surface area contributed by atoms with E-state index in [1.165, 1.54) is 32.8 Å². The Bertz CT molecular complexity index is 1030. The molecule has 0 spiro atoms.